The zero-order valence-corrected chi connectivity index (χ0v) is 20.0. The van der Waals surface area contributed by atoms with Gasteiger partial charge in [-0.15, -0.1) is 11.3 Å². The van der Waals surface area contributed by atoms with Crippen molar-refractivity contribution in [2.45, 2.75) is 36.7 Å². The number of sulfonamides is 1. The zero-order valence-electron chi connectivity index (χ0n) is 18.3. The number of fused-ring (bicyclic) bond motifs is 1. The summed E-state index contributed by atoms with van der Waals surface area (Å²) in [5, 5.41) is 2.93. The molecule has 0 aliphatic carbocycles. The largest absolute Gasteiger partial charge is 0.468 e. The normalized spacial score (nSPS) is 16.0. The minimum absolute atomic E-state index is 0.0861. The van der Waals surface area contributed by atoms with Crippen molar-refractivity contribution in [3.63, 3.8) is 0 Å². The molecule has 0 bridgehead atoms. The quantitative estimate of drug-likeness (QED) is 0.362. The van der Waals surface area contributed by atoms with Gasteiger partial charge in [-0.25, -0.2) is 8.42 Å². The average Bonchev–Trinajstić information content (AvgIpc) is 3.55. The van der Waals surface area contributed by atoms with Gasteiger partial charge in [0, 0.05) is 29.0 Å². The topological polar surface area (TPSA) is 66.7 Å². The third kappa shape index (κ3) is 4.89. The van der Waals surface area contributed by atoms with Crippen molar-refractivity contribution in [3.05, 3.63) is 83.1 Å². The summed E-state index contributed by atoms with van der Waals surface area (Å²) in [6.45, 7) is 2.99. The number of piperidine rings is 1. The summed E-state index contributed by atoms with van der Waals surface area (Å²) >= 11 is 1.79. The first-order valence-corrected chi connectivity index (χ1v) is 13.6. The van der Waals surface area contributed by atoms with Gasteiger partial charge in [-0.3, -0.25) is 4.98 Å². The van der Waals surface area contributed by atoms with E-state index in [2.05, 4.69) is 27.4 Å². The van der Waals surface area contributed by atoms with Crippen molar-refractivity contribution < 1.29 is 12.8 Å². The fourth-order valence-corrected chi connectivity index (χ4v) is 7.05. The van der Waals surface area contributed by atoms with Gasteiger partial charge in [0.25, 0.3) is 0 Å². The van der Waals surface area contributed by atoms with Crippen LogP contribution in [0.1, 0.15) is 23.5 Å². The highest BCUT2D eigenvalue weighted by Crippen LogP contribution is 2.30. The zero-order chi connectivity index (χ0) is 22.7. The maximum Gasteiger partial charge on any atom is 0.245 e. The van der Waals surface area contributed by atoms with E-state index >= 15 is 0 Å². The molecule has 1 aliphatic heterocycles. The number of para-hydroxylation sites is 1. The summed E-state index contributed by atoms with van der Waals surface area (Å²) in [4.78, 5) is 8.48. The Bertz CT molecular complexity index is 1270. The Morgan fingerprint density at radius 1 is 1.06 bits per heavy atom. The number of pyridine rings is 1. The molecule has 4 heterocycles. The first-order chi connectivity index (χ1) is 16.1. The molecule has 0 radical (unpaired) electrons. The van der Waals surface area contributed by atoms with E-state index in [1.165, 1.54) is 4.88 Å². The molecule has 0 atom stereocenters. The van der Waals surface area contributed by atoms with Crippen LogP contribution in [0.3, 0.4) is 0 Å². The molecule has 1 aromatic carbocycles. The molecule has 4 aromatic rings. The predicted molar refractivity (Wildman–Crippen MR) is 131 cm³/mol. The maximum absolute atomic E-state index is 14.0. The fraction of sp³-hybridized carbons (Fsp3) is 0.320. The molecule has 0 N–H and O–H groups in total. The van der Waals surface area contributed by atoms with Gasteiger partial charge in [-0.2, -0.15) is 4.31 Å². The van der Waals surface area contributed by atoms with Crippen LogP contribution in [0.2, 0.25) is 0 Å². The smallest absolute Gasteiger partial charge is 0.245 e. The molecule has 0 amide bonds. The van der Waals surface area contributed by atoms with Crippen LogP contribution in [0.5, 0.6) is 0 Å². The number of benzene rings is 1. The summed E-state index contributed by atoms with van der Waals surface area (Å²) in [5.74, 6) is 0.645. The van der Waals surface area contributed by atoms with Crippen LogP contribution in [-0.4, -0.2) is 48.3 Å². The second kappa shape index (κ2) is 9.77. The third-order valence-corrected chi connectivity index (χ3v) is 9.16. The van der Waals surface area contributed by atoms with Crippen molar-refractivity contribution >= 4 is 32.3 Å². The minimum Gasteiger partial charge on any atom is -0.468 e. The Kier molecular flexibility index (Phi) is 6.59. The van der Waals surface area contributed by atoms with Crippen LogP contribution in [-0.2, 0) is 23.0 Å². The molecule has 5 rings (SSSR count). The fourth-order valence-electron chi connectivity index (χ4n) is 4.53. The molecule has 8 heteroatoms. The molecule has 1 saturated heterocycles. The lowest BCUT2D eigenvalue weighted by atomic mass is 10.0. The predicted octanol–water partition coefficient (Wildman–Crippen LogP) is 4.79. The van der Waals surface area contributed by atoms with Crippen molar-refractivity contribution in [2.24, 2.45) is 0 Å². The van der Waals surface area contributed by atoms with E-state index in [9.17, 15) is 8.42 Å². The molecule has 0 saturated carbocycles. The molecular weight excluding hydrogens is 454 g/mol. The first kappa shape index (κ1) is 22.3. The number of aromatic nitrogens is 1. The van der Waals surface area contributed by atoms with Crippen molar-refractivity contribution in [1.82, 2.24) is 14.2 Å². The van der Waals surface area contributed by atoms with E-state index in [1.807, 2.05) is 24.3 Å². The summed E-state index contributed by atoms with van der Waals surface area (Å²) in [5.41, 5.74) is 0.512. The number of thiophene rings is 1. The Morgan fingerprint density at radius 3 is 2.67 bits per heavy atom. The van der Waals surface area contributed by atoms with Gasteiger partial charge >= 0.3 is 0 Å². The number of nitrogens with zero attached hydrogens (tertiary/aromatic N) is 3. The Labute approximate surface area is 198 Å². The molecular formula is C25H27N3O3S2. The number of likely N-dealkylation sites (tertiary alicyclic amines) is 1. The Balaban J connectivity index is 1.38. The lowest BCUT2D eigenvalue weighted by Crippen LogP contribution is -2.47. The van der Waals surface area contributed by atoms with Crippen molar-refractivity contribution in [2.75, 3.05) is 19.6 Å². The van der Waals surface area contributed by atoms with Gasteiger partial charge in [-0.05, 0) is 68.1 Å². The summed E-state index contributed by atoms with van der Waals surface area (Å²) in [7, 11) is -3.77. The molecule has 172 valence electrons. The van der Waals surface area contributed by atoms with Crippen molar-refractivity contribution in [3.8, 4) is 0 Å². The lowest BCUT2D eigenvalue weighted by molar-refractivity contribution is 0.153. The van der Waals surface area contributed by atoms with Gasteiger partial charge in [0.15, 0.2) is 0 Å². The van der Waals surface area contributed by atoms with Crippen molar-refractivity contribution in [1.29, 1.82) is 0 Å². The van der Waals surface area contributed by atoms with Gasteiger partial charge in [0.05, 0.1) is 18.3 Å². The van der Waals surface area contributed by atoms with Crippen LogP contribution >= 0.6 is 11.3 Å². The van der Waals surface area contributed by atoms with Gasteiger partial charge in [0.2, 0.25) is 10.0 Å². The van der Waals surface area contributed by atoms with E-state index in [1.54, 1.807) is 46.3 Å². The second-order valence-corrected chi connectivity index (χ2v) is 11.3. The number of hydrogen-bond donors (Lipinski definition) is 0. The maximum atomic E-state index is 14.0. The van der Waals surface area contributed by atoms with Crippen LogP contribution in [0.25, 0.3) is 10.9 Å². The molecule has 0 unspecified atom stereocenters. The highest BCUT2D eigenvalue weighted by Gasteiger charge is 2.35. The molecule has 1 fully saturated rings. The molecule has 0 spiro atoms. The van der Waals surface area contributed by atoms with Gasteiger partial charge in [-0.1, -0.05) is 24.3 Å². The molecule has 1 aliphatic rings. The Hall–Kier alpha value is -2.52. The summed E-state index contributed by atoms with van der Waals surface area (Å²) < 4.78 is 35.1. The van der Waals surface area contributed by atoms with E-state index in [0.29, 0.717) is 11.3 Å². The first-order valence-electron chi connectivity index (χ1n) is 11.2. The van der Waals surface area contributed by atoms with Crippen LogP contribution < -0.4 is 0 Å². The van der Waals surface area contributed by atoms with Crippen LogP contribution in [0, 0.1) is 0 Å². The van der Waals surface area contributed by atoms with Gasteiger partial charge < -0.3 is 9.32 Å². The van der Waals surface area contributed by atoms with E-state index in [0.717, 1.165) is 44.3 Å². The molecule has 33 heavy (non-hydrogen) atoms. The third-order valence-electron chi connectivity index (χ3n) is 6.29. The highest BCUT2D eigenvalue weighted by atomic mass is 32.2. The monoisotopic (exact) mass is 481 g/mol. The van der Waals surface area contributed by atoms with Crippen LogP contribution in [0.4, 0.5) is 0 Å². The van der Waals surface area contributed by atoms with E-state index in [4.69, 9.17) is 4.42 Å². The molecule has 3 aromatic heterocycles. The number of hydrogen-bond acceptors (Lipinski definition) is 6. The summed E-state index contributed by atoms with van der Waals surface area (Å²) in [6.07, 6.45) is 5.86. The standard InChI is InChI=1S/C25H27N3O3S2/c29-33(30,24-9-1-5-20-6-2-13-26-25(20)24)28(19-22-7-3-17-31-22)21-10-14-27(15-11-21)16-12-23-8-4-18-32-23/h1-9,13,17-18,21H,10-12,14-16,19H2. The SMILES string of the molecule is O=S(=O)(c1cccc2cccnc12)N(Cc1ccco1)C1CCN(CCc2cccs2)CC1. The second-order valence-electron chi connectivity index (χ2n) is 8.36. The van der Waals surface area contributed by atoms with Crippen LogP contribution in [0.15, 0.2) is 81.8 Å². The highest BCUT2D eigenvalue weighted by molar-refractivity contribution is 7.89. The van der Waals surface area contributed by atoms with E-state index in [-0.39, 0.29) is 17.5 Å². The Morgan fingerprint density at radius 2 is 1.91 bits per heavy atom. The average molecular weight is 482 g/mol. The van der Waals surface area contributed by atoms with E-state index < -0.39 is 10.0 Å². The number of rotatable bonds is 8. The lowest BCUT2D eigenvalue weighted by Gasteiger charge is -2.37. The minimum atomic E-state index is -3.77. The number of furan rings is 1. The van der Waals surface area contributed by atoms with Gasteiger partial charge in [0.1, 0.15) is 10.7 Å². The summed E-state index contributed by atoms with van der Waals surface area (Å²) in [6, 6.07) is 16.9. The molecule has 6 nitrogen and oxygen atoms in total.